The molecule has 0 radical (unpaired) electrons. The van der Waals surface area contributed by atoms with Crippen LogP contribution in [0.1, 0.15) is 25.8 Å². The zero-order valence-electron chi connectivity index (χ0n) is 17.3. The van der Waals surface area contributed by atoms with Crippen LogP contribution < -0.4 is 15.0 Å². The molecule has 0 aliphatic carbocycles. The van der Waals surface area contributed by atoms with Crippen LogP contribution in [0.3, 0.4) is 0 Å². The predicted octanol–water partition coefficient (Wildman–Crippen LogP) is 4.00. The summed E-state index contributed by atoms with van der Waals surface area (Å²) in [6.07, 6.45) is 0.878. The van der Waals surface area contributed by atoms with Gasteiger partial charge < -0.3 is 15.0 Å². The van der Waals surface area contributed by atoms with Gasteiger partial charge >= 0.3 is 0 Å². The summed E-state index contributed by atoms with van der Waals surface area (Å²) in [6.45, 7) is 6.54. The molecule has 150 valence electrons. The van der Waals surface area contributed by atoms with E-state index in [0.717, 1.165) is 43.2 Å². The molecule has 28 heavy (non-hydrogen) atoms. The van der Waals surface area contributed by atoms with E-state index in [2.05, 4.69) is 31.3 Å². The maximum atomic E-state index is 12.5. The summed E-state index contributed by atoms with van der Waals surface area (Å²) in [5.74, 6) is 1.62. The van der Waals surface area contributed by atoms with Gasteiger partial charge in [-0.3, -0.25) is 9.69 Å². The summed E-state index contributed by atoms with van der Waals surface area (Å²) in [6, 6.07) is 16.3. The van der Waals surface area contributed by atoms with Gasteiger partial charge in [0.05, 0.1) is 12.6 Å². The molecule has 1 N–H and O–H groups in total. The van der Waals surface area contributed by atoms with Gasteiger partial charge in [0.2, 0.25) is 5.91 Å². The predicted molar refractivity (Wildman–Crippen MR) is 115 cm³/mol. The molecule has 0 aromatic heterocycles. The average Bonchev–Trinajstić information content (AvgIpc) is 3.07. The van der Waals surface area contributed by atoms with E-state index in [1.165, 1.54) is 5.56 Å². The molecular weight excluding hydrogens is 350 g/mol. The fraction of sp³-hybridized carbons (Fsp3) is 0.435. The molecule has 1 fully saturated rings. The van der Waals surface area contributed by atoms with Gasteiger partial charge in [-0.25, -0.2) is 0 Å². The van der Waals surface area contributed by atoms with Crippen LogP contribution in [0, 0.1) is 5.92 Å². The van der Waals surface area contributed by atoms with Gasteiger partial charge in [-0.05, 0) is 68.4 Å². The highest BCUT2D eigenvalue weighted by atomic mass is 16.5. The first-order valence-electron chi connectivity index (χ1n) is 9.97. The number of likely N-dealkylation sites (N-methyl/N-ethyl adjacent to an activating group) is 1. The van der Waals surface area contributed by atoms with Crippen molar-refractivity contribution in [3.63, 3.8) is 0 Å². The number of hydrogen-bond donors (Lipinski definition) is 1. The van der Waals surface area contributed by atoms with Crippen LogP contribution in [0.2, 0.25) is 0 Å². The summed E-state index contributed by atoms with van der Waals surface area (Å²) in [7, 11) is 3.92. The van der Waals surface area contributed by atoms with Crippen LogP contribution in [-0.2, 0) is 11.3 Å². The Bertz CT molecular complexity index is 769. The van der Waals surface area contributed by atoms with Gasteiger partial charge in [0.15, 0.2) is 0 Å². The quantitative estimate of drug-likeness (QED) is 0.751. The summed E-state index contributed by atoms with van der Waals surface area (Å²) >= 11 is 0. The number of ether oxygens (including phenoxy) is 1. The van der Waals surface area contributed by atoms with E-state index in [4.69, 9.17) is 4.74 Å². The molecule has 1 atom stereocenters. The Morgan fingerprint density at radius 1 is 1.11 bits per heavy atom. The van der Waals surface area contributed by atoms with Crippen LogP contribution in [0.4, 0.5) is 11.4 Å². The fourth-order valence-corrected chi connectivity index (χ4v) is 3.33. The first-order chi connectivity index (χ1) is 13.4. The number of nitrogens with zero attached hydrogens (tertiary/aromatic N) is 2. The van der Waals surface area contributed by atoms with Gasteiger partial charge in [0.25, 0.3) is 0 Å². The van der Waals surface area contributed by atoms with Gasteiger partial charge in [-0.1, -0.05) is 26.0 Å². The lowest BCUT2D eigenvalue weighted by molar-refractivity contribution is -0.120. The maximum Gasteiger partial charge on any atom is 0.244 e. The first-order valence-corrected chi connectivity index (χ1v) is 9.97. The number of rotatable bonds is 8. The number of benzene rings is 2. The lowest BCUT2D eigenvalue weighted by atomic mass is 10.2. The molecule has 1 aliphatic heterocycles. The molecule has 5 heteroatoms. The van der Waals surface area contributed by atoms with E-state index in [0.29, 0.717) is 5.92 Å². The zero-order valence-corrected chi connectivity index (χ0v) is 17.3. The Hall–Kier alpha value is -2.53. The minimum Gasteiger partial charge on any atom is -0.493 e. The van der Waals surface area contributed by atoms with Crippen molar-refractivity contribution in [1.29, 1.82) is 0 Å². The molecule has 2 aromatic carbocycles. The number of anilines is 2. The van der Waals surface area contributed by atoms with E-state index < -0.39 is 0 Å². The van der Waals surface area contributed by atoms with Crippen LogP contribution in [0.5, 0.6) is 5.75 Å². The molecule has 3 rings (SSSR count). The Labute approximate surface area is 168 Å². The molecule has 0 bridgehead atoms. The third-order valence-electron chi connectivity index (χ3n) is 4.98. The smallest absolute Gasteiger partial charge is 0.244 e. The van der Waals surface area contributed by atoms with E-state index in [1.807, 2.05) is 60.3 Å². The van der Waals surface area contributed by atoms with Crippen LogP contribution in [0.15, 0.2) is 48.5 Å². The largest absolute Gasteiger partial charge is 0.493 e. The molecule has 0 saturated carbocycles. The average molecular weight is 382 g/mol. The van der Waals surface area contributed by atoms with Crippen molar-refractivity contribution in [2.24, 2.45) is 5.92 Å². The SMILES string of the molecule is CC(C)COc1ccc(CNc2ccc(N3CCC(N(C)C)C3=O)cc2)cc1. The van der Waals surface area contributed by atoms with E-state index in [-0.39, 0.29) is 11.9 Å². The highest BCUT2D eigenvalue weighted by molar-refractivity contribution is 5.99. The Kier molecular flexibility index (Phi) is 6.57. The molecule has 1 heterocycles. The van der Waals surface area contributed by atoms with Gasteiger partial charge in [0.1, 0.15) is 5.75 Å². The van der Waals surface area contributed by atoms with Crippen LogP contribution in [-0.4, -0.2) is 44.1 Å². The molecule has 0 spiro atoms. The number of carbonyl (C=O) groups is 1. The summed E-state index contributed by atoms with van der Waals surface area (Å²) in [5.41, 5.74) is 3.20. The third kappa shape index (κ3) is 5.04. The Morgan fingerprint density at radius 3 is 2.36 bits per heavy atom. The first kappa shape index (κ1) is 20.2. The monoisotopic (exact) mass is 381 g/mol. The van der Waals surface area contributed by atoms with Crippen molar-refractivity contribution in [2.45, 2.75) is 32.9 Å². The van der Waals surface area contributed by atoms with Crippen LogP contribution in [0.25, 0.3) is 0 Å². The fourth-order valence-electron chi connectivity index (χ4n) is 3.33. The topological polar surface area (TPSA) is 44.8 Å². The molecule has 1 aliphatic rings. The second-order valence-electron chi connectivity index (χ2n) is 8.01. The molecule has 1 unspecified atom stereocenters. The molecule has 1 saturated heterocycles. The minimum atomic E-state index is -0.00899. The van der Waals surface area contributed by atoms with Crippen molar-refractivity contribution in [3.8, 4) is 5.75 Å². The van der Waals surface area contributed by atoms with Gasteiger partial charge in [-0.2, -0.15) is 0 Å². The number of nitrogens with one attached hydrogen (secondary N) is 1. The number of hydrogen-bond acceptors (Lipinski definition) is 4. The summed E-state index contributed by atoms with van der Waals surface area (Å²) in [4.78, 5) is 16.4. The second kappa shape index (κ2) is 9.11. The minimum absolute atomic E-state index is 0.00899. The van der Waals surface area contributed by atoms with E-state index >= 15 is 0 Å². The Morgan fingerprint density at radius 2 is 1.79 bits per heavy atom. The molecule has 2 aromatic rings. The molecule has 1 amide bonds. The van der Waals surface area contributed by atoms with Gasteiger partial charge in [-0.15, -0.1) is 0 Å². The summed E-state index contributed by atoms with van der Waals surface area (Å²) < 4.78 is 5.72. The van der Waals surface area contributed by atoms with Crippen molar-refractivity contribution in [2.75, 3.05) is 37.5 Å². The lowest BCUT2D eigenvalue weighted by Crippen LogP contribution is -2.37. The zero-order chi connectivity index (χ0) is 20.1. The van der Waals surface area contributed by atoms with E-state index in [9.17, 15) is 4.79 Å². The maximum absolute atomic E-state index is 12.5. The van der Waals surface area contributed by atoms with Crippen molar-refractivity contribution < 1.29 is 9.53 Å². The standard InChI is InChI=1S/C23H31N3O2/c1-17(2)16-28-21-11-5-18(6-12-21)15-24-19-7-9-20(10-8-19)26-14-13-22(23(26)27)25(3)4/h5-12,17,22,24H,13-16H2,1-4H3. The van der Waals surface area contributed by atoms with Gasteiger partial charge in [0, 0.05) is 24.5 Å². The van der Waals surface area contributed by atoms with Crippen LogP contribution >= 0.6 is 0 Å². The summed E-state index contributed by atoms with van der Waals surface area (Å²) in [5, 5.41) is 3.43. The normalized spacial score (nSPS) is 16.9. The molecule has 5 nitrogen and oxygen atoms in total. The third-order valence-corrected chi connectivity index (χ3v) is 4.98. The van der Waals surface area contributed by atoms with Crippen molar-refractivity contribution in [1.82, 2.24) is 4.90 Å². The highest BCUT2D eigenvalue weighted by Gasteiger charge is 2.33. The molecular formula is C23H31N3O2. The Balaban J connectivity index is 1.53. The van der Waals surface area contributed by atoms with E-state index in [1.54, 1.807) is 0 Å². The number of carbonyl (C=O) groups excluding carboxylic acids is 1. The second-order valence-corrected chi connectivity index (χ2v) is 8.01. The van der Waals surface area contributed by atoms with Crippen molar-refractivity contribution >= 4 is 17.3 Å². The lowest BCUT2D eigenvalue weighted by Gasteiger charge is -2.20. The van der Waals surface area contributed by atoms with Crippen molar-refractivity contribution in [3.05, 3.63) is 54.1 Å². The number of amides is 1. The highest BCUT2D eigenvalue weighted by Crippen LogP contribution is 2.25.